The van der Waals surface area contributed by atoms with Crippen molar-refractivity contribution in [2.24, 2.45) is 0 Å². The Hall–Kier alpha value is -1.41. The lowest BCUT2D eigenvalue weighted by Gasteiger charge is -2.08. The van der Waals surface area contributed by atoms with Crippen LogP contribution in [0.5, 0.6) is 0 Å². The molecule has 0 saturated heterocycles. The second-order valence-electron chi connectivity index (χ2n) is 3.63. The van der Waals surface area contributed by atoms with Crippen molar-refractivity contribution in [1.29, 1.82) is 0 Å². The number of rotatable bonds is 3. The molecule has 0 aliphatic rings. The van der Waals surface area contributed by atoms with Gasteiger partial charge in [0.05, 0.1) is 6.54 Å². The topological polar surface area (TPSA) is 50.7 Å². The Balaban J connectivity index is 2.14. The number of alkyl halides is 3. The molecule has 0 aliphatic carbocycles. The maximum atomic E-state index is 12.5. The quantitative estimate of drug-likeness (QED) is 0.881. The zero-order chi connectivity index (χ0) is 14.0. The van der Waals surface area contributed by atoms with Crippen molar-refractivity contribution in [1.82, 2.24) is 15.0 Å². The summed E-state index contributed by atoms with van der Waals surface area (Å²) in [7, 11) is 0. The van der Waals surface area contributed by atoms with E-state index in [1.807, 2.05) is 12.3 Å². The Labute approximate surface area is 115 Å². The summed E-state index contributed by atoms with van der Waals surface area (Å²) in [5.74, 6) is -1.25. The average Bonchev–Trinajstić information content (AvgIpc) is 2.71. The van der Waals surface area contributed by atoms with Gasteiger partial charge in [-0.25, -0.2) is 15.0 Å². The Morgan fingerprint density at radius 3 is 2.63 bits per heavy atom. The molecule has 0 radical (unpaired) electrons. The molecule has 0 aromatic carbocycles. The summed E-state index contributed by atoms with van der Waals surface area (Å²) in [6.07, 6.45) is -4.63. The van der Waals surface area contributed by atoms with Crippen molar-refractivity contribution in [3.8, 4) is 0 Å². The molecule has 0 bridgehead atoms. The van der Waals surface area contributed by atoms with Gasteiger partial charge in [0.1, 0.15) is 16.0 Å². The van der Waals surface area contributed by atoms with Crippen LogP contribution in [0.25, 0.3) is 0 Å². The SMILES string of the molecule is Cc1csc(CNc2cc(Cl)nc(C(F)(F)F)n2)n1. The van der Waals surface area contributed by atoms with E-state index in [2.05, 4.69) is 20.3 Å². The monoisotopic (exact) mass is 308 g/mol. The average molecular weight is 309 g/mol. The van der Waals surface area contributed by atoms with Crippen LogP contribution < -0.4 is 5.32 Å². The largest absolute Gasteiger partial charge is 0.451 e. The van der Waals surface area contributed by atoms with Crippen molar-refractivity contribution in [2.45, 2.75) is 19.6 Å². The summed E-state index contributed by atoms with van der Waals surface area (Å²) in [4.78, 5) is 10.7. The molecule has 2 heterocycles. The first kappa shape index (κ1) is 14.0. The van der Waals surface area contributed by atoms with E-state index >= 15 is 0 Å². The minimum Gasteiger partial charge on any atom is -0.363 e. The fourth-order valence-electron chi connectivity index (χ4n) is 1.29. The van der Waals surface area contributed by atoms with E-state index in [0.29, 0.717) is 0 Å². The van der Waals surface area contributed by atoms with Crippen LogP contribution >= 0.6 is 22.9 Å². The molecule has 0 saturated carbocycles. The third-order valence-corrected chi connectivity index (χ3v) is 3.20. The number of nitrogens with zero attached hydrogens (tertiary/aromatic N) is 3. The van der Waals surface area contributed by atoms with Crippen LogP contribution in [0.1, 0.15) is 16.5 Å². The third-order valence-electron chi connectivity index (χ3n) is 2.04. The number of hydrogen-bond donors (Lipinski definition) is 1. The second-order valence-corrected chi connectivity index (χ2v) is 4.96. The maximum Gasteiger partial charge on any atom is 0.451 e. The standard InChI is InChI=1S/C10H8ClF3N4S/c1-5-4-19-8(16-5)3-15-7-2-6(11)17-9(18-7)10(12,13)14/h2,4H,3H2,1H3,(H,15,17,18). The highest BCUT2D eigenvalue weighted by atomic mass is 35.5. The van der Waals surface area contributed by atoms with Gasteiger partial charge in [-0.05, 0) is 6.92 Å². The molecule has 2 rings (SSSR count). The van der Waals surface area contributed by atoms with Gasteiger partial charge in [-0.15, -0.1) is 11.3 Å². The Morgan fingerprint density at radius 2 is 2.05 bits per heavy atom. The van der Waals surface area contributed by atoms with Gasteiger partial charge in [-0.2, -0.15) is 13.2 Å². The smallest absolute Gasteiger partial charge is 0.363 e. The molecule has 4 nitrogen and oxygen atoms in total. The van der Waals surface area contributed by atoms with E-state index in [0.717, 1.165) is 10.7 Å². The zero-order valence-electron chi connectivity index (χ0n) is 9.62. The van der Waals surface area contributed by atoms with Crippen molar-refractivity contribution >= 4 is 28.8 Å². The minimum absolute atomic E-state index is 0.0141. The first-order valence-corrected chi connectivity index (χ1v) is 6.37. The molecular weight excluding hydrogens is 301 g/mol. The number of nitrogens with one attached hydrogen (secondary N) is 1. The highest BCUT2D eigenvalue weighted by molar-refractivity contribution is 7.09. The number of hydrogen-bond acceptors (Lipinski definition) is 5. The number of aryl methyl sites for hydroxylation is 1. The van der Waals surface area contributed by atoms with Gasteiger partial charge < -0.3 is 5.32 Å². The molecule has 2 aromatic heterocycles. The summed E-state index contributed by atoms with van der Waals surface area (Å²) in [5.41, 5.74) is 0.860. The van der Waals surface area contributed by atoms with Crippen molar-refractivity contribution in [3.05, 3.63) is 33.1 Å². The van der Waals surface area contributed by atoms with Crippen LogP contribution in [0.3, 0.4) is 0 Å². The first-order valence-electron chi connectivity index (χ1n) is 5.11. The van der Waals surface area contributed by atoms with Crippen molar-refractivity contribution in [3.63, 3.8) is 0 Å². The summed E-state index contributed by atoms with van der Waals surface area (Å²) >= 11 is 6.95. The van der Waals surface area contributed by atoms with Crippen molar-refractivity contribution in [2.75, 3.05) is 5.32 Å². The molecular formula is C10H8ClF3N4S. The van der Waals surface area contributed by atoms with Crippen molar-refractivity contribution < 1.29 is 13.2 Å². The van der Waals surface area contributed by atoms with Crippen LogP contribution in [0.2, 0.25) is 5.15 Å². The lowest BCUT2D eigenvalue weighted by Crippen LogP contribution is -2.13. The number of anilines is 1. The molecule has 0 aliphatic heterocycles. The highest BCUT2D eigenvalue weighted by Crippen LogP contribution is 2.28. The van der Waals surface area contributed by atoms with Crippen LogP contribution in [-0.2, 0) is 12.7 Å². The summed E-state index contributed by atoms with van der Waals surface area (Å²) in [5, 5.41) is 5.08. The molecule has 1 N–H and O–H groups in total. The van der Waals surface area contributed by atoms with E-state index in [1.54, 1.807) is 0 Å². The van der Waals surface area contributed by atoms with E-state index < -0.39 is 12.0 Å². The molecule has 2 aromatic rings. The molecule has 19 heavy (non-hydrogen) atoms. The molecule has 9 heteroatoms. The number of thiazole rings is 1. The molecule has 0 spiro atoms. The highest BCUT2D eigenvalue weighted by Gasteiger charge is 2.35. The van der Waals surface area contributed by atoms with Crippen LogP contribution in [0.4, 0.5) is 19.0 Å². The van der Waals surface area contributed by atoms with E-state index in [-0.39, 0.29) is 17.5 Å². The number of aromatic nitrogens is 3. The Bertz CT molecular complexity index is 584. The first-order chi connectivity index (χ1) is 8.84. The number of halogens is 4. The van der Waals surface area contributed by atoms with Crippen LogP contribution in [0, 0.1) is 6.92 Å². The zero-order valence-corrected chi connectivity index (χ0v) is 11.2. The fourth-order valence-corrected chi connectivity index (χ4v) is 2.18. The van der Waals surface area contributed by atoms with Gasteiger partial charge in [0.2, 0.25) is 5.82 Å². The molecule has 102 valence electrons. The van der Waals surface area contributed by atoms with Gasteiger partial charge >= 0.3 is 6.18 Å². The molecule has 0 unspecified atom stereocenters. The van der Waals surface area contributed by atoms with Gasteiger partial charge in [0.25, 0.3) is 0 Å². The minimum atomic E-state index is -4.63. The third kappa shape index (κ3) is 3.77. The van der Waals surface area contributed by atoms with Crippen LogP contribution in [0.15, 0.2) is 11.4 Å². The summed E-state index contributed by atoms with van der Waals surface area (Å²) in [6.45, 7) is 2.12. The Morgan fingerprint density at radius 1 is 1.32 bits per heavy atom. The fraction of sp³-hybridized carbons (Fsp3) is 0.300. The van der Waals surface area contributed by atoms with Gasteiger partial charge in [0, 0.05) is 17.1 Å². The molecule has 0 atom stereocenters. The normalized spacial score (nSPS) is 11.6. The van der Waals surface area contributed by atoms with Gasteiger partial charge in [0.15, 0.2) is 0 Å². The van der Waals surface area contributed by atoms with E-state index in [9.17, 15) is 13.2 Å². The molecule has 0 amide bonds. The van der Waals surface area contributed by atoms with E-state index in [4.69, 9.17) is 11.6 Å². The maximum absolute atomic E-state index is 12.5. The summed E-state index contributed by atoms with van der Waals surface area (Å²) < 4.78 is 37.5. The van der Waals surface area contributed by atoms with Gasteiger partial charge in [-0.3, -0.25) is 0 Å². The van der Waals surface area contributed by atoms with E-state index in [1.165, 1.54) is 17.4 Å². The lowest BCUT2D eigenvalue weighted by molar-refractivity contribution is -0.144. The second kappa shape index (κ2) is 5.30. The lowest BCUT2D eigenvalue weighted by atomic mass is 10.5. The summed E-state index contributed by atoms with van der Waals surface area (Å²) in [6, 6.07) is 1.23. The Kier molecular flexibility index (Phi) is 3.91. The molecule has 0 fully saturated rings. The predicted octanol–water partition coefficient (Wildman–Crippen LogP) is 3.53. The van der Waals surface area contributed by atoms with Gasteiger partial charge in [-0.1, -0.05) is 11.6 Å². The predicted molar refractivity (Wildman–Crippen MR) is 66.2 cm³/mol. The van der Waals surface area contributed by atoms with Crippen LogP contribution in [-0.4, -0.2) is 15.0 Å².